The number of aliphatic hydroxyl groups is 6. The molecule has 16 nitrogen and oxygen atoms in total. The summed E-state index contributed by atoms with van der Waals surface area (Å²) in [6.45, 7) is 1.71. The van der Waals surface area contributed by atoms with Crippen LogP contribution in [0.15, 0.2) is 4.99 Å². The molecule has 2 aliphatic heterocycles. The summed E-state index contributed by atoms with van der Waals surface area (Å²) in [5, 5.41) is 63.7. The van der Waals surface area contributed by atoms with E-state index in [2.05, 4.69) is 10.3 Å². The third-order valence-electron chi connectivity index (χ3n) is 7.41. The van der Waals surface area contributed by atoms with Crippen LogP contribution in [-0.2, 0) is 18.9 Å². The minimum atomic E-state index is -1.51. The molecule has 14 atom stereocenters. The lowest BCUT2D eigenvalue weighted by molar-refractivity contribution is -0.312. The lowest BCUT2D eigenvalue weighted by Crippen LogP contribution is -2.66. The number of ether oxygens (including phenoxy) is 4. The van der Waals surface area contributed by atoms with Crippen LogP contribution in [0, 0.1) is 0 Å². The first kappa shape index (κ1) is 32.4. The molecule has 0 bridgehead atoms. The van der Waals surface area contributed by atoms with Gasteiger partial charge in [0, 0.05) is 19.1 Å². The Morgan fingerprint density at radius 1 is 0.974 bits per heavy atom. The maximum Gasteiger partial charge on any atom is 0.186 e. The van der Waals surface area contributed by atoms with Crippen LogP contribution in [0.1, 0.15) is 26.2 Å². The van der Waals surface area contributed by atoms with E-state index in [-0.39, 0.29) is 25.0 Å². The Morgan fingerprint density at radius 3 is 2.31 bits per heavy atom. The molecule has 2 saturated heterocycles. The molecule has 0 aromatic heterocycles. The minimum absolute atomic E-state index is 0.0117. The fourth-order valence-corrected chi connectivity index (χ4v) is 5.03. The molecular weight excluding hydrogens is 520 g/mol. The zero-order chi connectivity index (χ0) is 28.9. The second-order valence-corrected chi connectivity index (χ2v) is 10.5. The first-order chi connectivity index (χ1) is 18.5. The summed E-state index contributed by atoms with van der Waals surface area (Å²) < 4.78 is 23.6. The number of nitrogens with two attached hydrogens (primary N) is 4. The number of nitrogens with zero attached hydrogens (tertiary/aromatic N) is 1. The standard InChI is InChI=1S/C23H46N6O10/c1-9(32)21(27)29-13-6-12(25)19(38-22-11(24)3-2-10(36-22)7-28-4-5-30)18(35)20(13)39-23-17(34)15(26)16(33)14(8-31)37-23/h9-20,22-23,28,30-35H,2-8,24-26H2,1H3,(H2,27,29). The summed E-state index contributed by atoms with van der Waals surface area (Å²) in [7, 11) is 0. The van der Waals surface area contributed by atoms with Gasteiger partial charge in [0.1, 0.15) is 48.6 Å². The number of amidine groups is 1. The van der Waals surface area contributed by atoms with Gasteiger partial charge in [-0.15, -0.1) is 0 Å². The Morgan fingerprint density at radius 2 is 1.67 bits per heavy atom. The molecule has 1 saturated carbocycles. The molecule has 0 aromatic rings. The van der Waals surface area contributed by atoms with Gasteiger partial charge in [-0.2, -0.15) is 0 Å². The SMILES string of the molecule is CC(O)C(N)=NC1CC(N)C(OC2OC(CNCCO)CCC2N)C(O)C1OC1OC(CO)C(O)C(N)C1O. The van der Waals surface area contributed by atoms with Gasteiger partial charge < -0.3 is 77.8 Å². The molecule has 1 aliphatic carbocycles. The van der Waals surface area contributed by atoms with Crippen LogP contribution in [0.3, 0.4) is 0 Å². The van der Waals surface area contributed by atoms with E-state index in [1.54, 1.807) is 0 Å². The molecule has 2 heterocycles. The predicted octanol–water partition coefficient (Wildman–Crippen LogP) is -5.86. The highest BCUT2D eigenvalue weighted by molar-refractivity contribution is 5.84. The third kappa shape index (κ3) is 8.02. The zero-order valence-electron chi connectivity index (χ0n) is 22.1. The van der Waals surface area contributed by atoms with E-state index in [0.717, 1.165) is 0 Å². The average Bonchev–Trinajstić information content (AvgIpc) is 2.90. The van der Waals surface area contributed by atoms with Crippen LogP contribution in [0.2, 0.25) is 0 Å². The van der Waals surface area contributed by atoms with Crippen molar-refractivity contribution in [1.82, 2.24) is 5.32 Å². The average molecular weight is 567 g/mol. The van der Waals surface area contributed by atoms with Gasteiger partial charge in [0.05, 0.1) is 37.4 Å². The van der Waals surface area contributed by atoms with Crippen molar-refractivity contribution in [2.24, 2.45) is 27.9 Å². The van der Waals surface area contributed by atoms with Crippen molar-refractivity contribution in [2.75, 3.05) is 26.3 Å². The number of aliphatic hydroxyl groups excluding tert-OH is 6. The zero-order valence-corrected chi connectivity index (χ0v) is 22.1. The normalized spacial score (nSPS) is 44.8. The quantitative estimate of drug-likeness (QED) is 0.0630. The van der Waals surface area contributed by atoms with Crippen molar-refractivity contribution in [2.45, 2.75) is 112 Å². The van der Waals surface area contributed by atoms with Crippen molar-refractivity contribution < 1.29 is 49.6 Å². The Bertz CT molecular complexity index is 782. The number of hydrogen-bond acceptors (Lipinski definition) is 15. The first-order valence-corrected chi connectivity index (χ1v) is 13.3. The fraction of sp³-hybridized carbons (Fsp3) is 0.957. The van der Waals surface area contributed by atoms with Crippen LogP contribution < -0.4 is 28.3 Å². The topological polar surface area (TPSA) is 287 Å². The van der Waals surface area contributed by atoms with Crippen LogP contribution in [0.4, 0.5) is 0 Å². The van der Waals surface area contributed by atoms with E-state index < -0.39 is 86.1 Å². The Kier molecular flexibility index (Phi) is 12.2. The molecule has 15 N–H and O–H groups in total. The highest BCUT2D eigenvalue weighted by atomic mass is 16.7. The lowest BCUT2D eigenvalue weighted by Gasteiger charge is -2.47. The number of hydrogen-bond donors (Lipinski definition) is 11. The second kappa shape index (κ2) is 14.7. The van der Waals surface area contributed by atoms with Crippen molar-refractivity contribution in [3.63, 3.8) is 0 Å². The largest absolute Gasteiger partial charge is 0.395 e. The summed E-state index contributed by atoms with van der Waals surface area (Å²) in [5.74, 6) is -0.117. The van der Waals surface area contributed by atoms with E-state index >= 15 is 0 Å². The number of nitrogens with one attached hydrogen (secondary N) is 1. The maximum atomic E-state index is 11.4. The molecule has 0 amide bonds. The monoisotopic (exact) mass is 566 g/mol. The molecule has 39 heavy (non-hydrogen) atoms. The highest BCUT2D eigenvalue weighted by Gasteiger charge is 2.50. The molecule has 0 aromatic carbocycles. The van der Waals surface area contributed by atoms with Gasteiger partial charge in [0.15, 0.2) is 12.6 Å². The molecule has 14 unspecified atom stereocenters. The lowest BCUT2D eigenvalue weighted by atomic mass is 9.84. The van der Waals surface area contributed by atoms with Crippen LogP contribution in [0.25, 0.3) is 0 Å². The number of rotatable bonds is 11. The molecule has 0 radical (unpaired) electrons. The Labute approximate surface area is 227 Å². The van der Waals surface area contributed by atoms with Crippen LogP contribution in [0.5, 0.6) is 0 Å². The van der Waals surface area contributed by atoms with E-state index in [1.807, 2.05) is 0 Å². The summed E-state index contributed by atoms with van der Waals surface area (Å²) in [5.41, 5.74) is 24.4. The first-order valence-electron chi connectivity index (χ1n) is 13.3. The van der Waals surface area contributed by atoms with Gasteiger partial charge in [-0.1, -0.05) is 0 Å². The molecule has 16 heteroatoms. The minimum Gasteiger partial charge on any atom is -0.395 e. The second-order valence-electron chi connectivity index (χ2n) is 10.5. The van der Waals surface area contributed by atoms with Gasteiger partial charge in [0.25, 0.3) is 0 Å². The van der Waals surface area contributed by atoms with Gasteiger partial charge >= 0.3 is 0 Å². The highest BCUT2D eigenvalue weighted by Crippen LogP contribution is 2.32. The van der Waals surface area contributed by atoms with Crippen molar-refractivity contribution >= 4 is 5.84 Å². The summed E-state index contributed by atoms with van der Waals surface area (Å²) in [4.78, 5) is 4.30. The molecular formula is C23H46N6O10. The van der Waals surface area contributed by atoms with E-state index in [9.17, 15) is 25.5 Å². The van der Waals surface area contributed by atoms with E-state index in [0.29, 0.717) is 25.9 Å². The van der Waals surface area contributed by atoms with Crippen LogP contribution >= 0.6 is 0 Å². The Balaban J connectivity index is 1.80. The molecule has 0 spiro atoms. The molecule has 3 fully saturated rings. The number of aliphatic imine (C=N–C) groups is 1. The summed E-state index contributed by atoms with van der Waals surface area (Å²) >= 11 is 0. The maximum absolute atomic E-state index is 11.4. The predicted molar refractivity (Wildman–Crippen MR) is 137 cm³/mol. The Hall–Kier alpha value is -1.09. The van der Waals surface area contributed by atoms with E-state index in [1.165, 1.54) is 6.92 Å². The fourth-order valence-electron chi connectivity index (χ4n) is 5.03. The molecule has 3 rings (SSSR count). The van der Waals surface area contributed by atoms with Crippen LogP contribution in [-0.4, -0.2) is 148 Å². The molecule has 3 aliphatic rings. The van der Waals surface area contributed by atoms with Crippen molar-refractivity contribution in [3.05, 3.63) is 0 Å². The summed E-state index contributed by atoms with van der Waals surface area (Å²) in [6, 6.07) is -3.35. The van der Waals surface area contributed by atoms with Gasteiger partial charge in [0.2, 0.25) is 0 Å². The summed E-state index contributed by atoms with van der Waals surface area (Å²) in [6.07, 6.45) is -9.99. The smallest absolute Gasteiger partial charge is 0.186 e. The molecule has 228 valence electrons. The van der Waals surface area contributed by atoms with Gasteiger partial charge in [-0.05, 0) is 26.2 Å². The van der Waals surface area contributed by atoms with Gasteiger partial charge in [-0.3, -0.25) is 4.99 Å². The third-order valence-corrected chi connectivity index (χ3v) is 7.41. The van der Waals surface area contributed by atoms with Gasteiger partial charge in [-0.25, -0.2) is 0 Å². The van der Waals surface area contributed by atoms with E-state index in [4.69, 9.17) is 47.0 Å². The van der Waals surface area contributed by atoms with Crippen molar-refractivity contribution in [1.29, 1.82) is 0 Å². The van der Waals surface area contributed by atoms with Crippen molar-refractivity contribution in [3.8, 4) is 0 Å².